The van der Waals surface area contributed by atoms with Crippen molar-refractivity contribution in [1.29, 1.82) is 0 Å². The Morgan fingerprint density at radius 2 is 1.34 bits per heavy atom. The first-order chi connectivity index (χ1) is 16.4. The lowest BCUT2D eigenvalue weighted by molar-refractivity contribution is -0.154. The summed E-state index contributed by atoms with van der Waals surface area (Å²) in [5.41, 5.74) is 0.221. The normalized spacial score (nSPS) is 12.5. The number of aromatic hydroxyl groups is 2. The van der Waals surface area contributed by atoms with Crippen molar-refractivity contribution >= 4 is 23.9 Å². The average molecular weight is 483 g/mol. The Balaban J connectivity index is 2.38. The molecular weight excluding hydrogens is 452 g/mol. The number of carbonyl (C=O) groups is 2. The zero-order valence-corrected chi connectivity index (χ0v) is 20.4. The molecule has 0 atom stereocenters. The SMILES string of the molecule is COc1cc(/C=C/C(=O)C(CC(=O)OC(C)(C)C)=C(O)/C=C/c2ccc(O)c(OC)c2)ccc1O. The van der Waals surface area contributed by atoms with Crippen LogP contribution >= 0.6 is 0 Å². The van der Waals surface area contributed by atoms with E-state index in [1.807, 2.05) is 0 Å². The van der Waals surface area contributed by atoms with Crippen molar-refractivity contribution in [2.24, 2.45) is 0 Å². The molecule has 0 aromatic heterocycles. The summed E-state index contributed by atoms with van der Waals surface area (Å²) in [5, 5.41) is 30.1. The molecular formula is C27H30O8. The standard InChI is InChI=1S/C27H30O8/c1-27(2,3)35-26(32)16-19(20(28)10-6-17-8-12-22(30)24(14-17)33-4)21(29)11-7-18-9-13-23(31)25(15-18)34-5/h6-15,28,30-31H,16H2,1-5H3/b10-6+,11-7+,20-19?. The quantitative estimate of drug-likeness (QED) is 0.198. The number of hydrogen-bond acceptors (Lipinski definition) is 8. The summed E-state index contributed by atoms with van der Waals surface area (Å²) in [6, 6.07) is 9.11. The van der Waals surface area contributed by atoms with Gasteiger partial charge in [0.25, 0.3) is 0 Å². The molecule has 3 N–H and O–H groups in total. The van der Waals surface area contributed by atoms with Gasteiger partial charge in [0.15, 0.2) is 28.8 Å². The van der Waals surface area contributed by atoms with Gasteiger partial charge in [-0.15, -0.1) is 0 Å². The van der Waals surface area contributed by atoms with Gasteiger partial charge in [-0.1, -0.05) is 24.3 Å². The molecule has 2 rings (SSSR count). The molecule has 186 valence electrons. The number of rotatable bonds is 9. The van der Waals surface area contributed by atoms with Crippen molar-refractivity contribution in [2.45, 2.75) is 32.8 Å². The summed E-state index contributed by atoms with van der Waals surface area (Å²) in [5.74, 6) is -1.30. The van der Waals surface area contributed by atoms with Crippen LogP contribution in [0.1, 0.15) is 38.3 Å². The number of allylic oxidation sites excluding steroid dienone is 2. The van der Waals surface area contributed by atoms with E-state index in [1.165, 1.54) is 56.7 Å². The number of phenolic OH excluding ortho intramolecular Hbond substituents is 2. The molecule has 0 heterocycles. The van der Waals surface area contributed by atoms with E-state index < -0.39 is 29.5 Å². The van der Waals surface area contributed by atoms with Crippen LogP contribution in [-0.4, -0.2) is 46.9 Å². The maximum Gasteiger partial charge on any atom is 0.311 e. The number of aliphatic hydroxyl groups is 1. The molecule has 8 heteroatoms. The molecule has 2 aromatic rings. The molecule has 2 aromatic carbocycles. The van der Waals surface area contributed by atoms with Gasteiger partial charge in [0.2, 0.25) is 0 Å². The fourth-order valence-corrected chi connectivity index (χ4v) is 2.97. The summed E-state index contributed by atoms with van der Waals surface area (Å²) in [4.78, 5) is 25.4. The zero-order valence-electron chi connectivity index (χ0n) is 20.4. The lowest BCUT2D eigenvalue weighted by Gasteiger charge is -2.19. The van der Waals surface area contributed by atoms with Crippen LogP contribution in [0, 0.1) is 0 Å². The maximum absolute atomic E-state index is 13.0. The fraction of sp³-hybridized carbons (Fsp3) is 0.259. The van der Waals surface area contributed by atoms with Gasteiger partial charge in [0.1, 0.15) is 11.4 Å². The third kappa shape index (κ3) is 8.26. The minimum Gasteiger partial charge on any atom is -0.508 e. The van der Waals surface area contributed by atoms with Crippen molar-refractivity contribution in [1.82, 2.24) is 0 Å². The molecule has 8 nitrogen and oxygen atoms in total. The second-order valence-corrected chi connectivity index (χ2v) is 8.52. The number of phenols is 2. The van der Waals surface area contributed by atoms with E-state index in [4.69, 9.17) is 14.2 Å². The molecule has 35 heavy (non-hydrogen) atoms. The van der Waals surface area contributed by atoms with Gasteiger partial charge in [-0.05, 0) is 68.3 Å². The number of aliphatic hydroxyl groups excluding tert-OH is 1. The summed E-state index contributed by atoms with van der Waals surface area (Å²) in [7, 11) is 2.82. The molecule has 0 aliphatic heterocycles. The molecule has 0 amide bonds. The smallest absolute Gasteiger partial charge is 0.311 e. The van der Waals surface area contributed by atoms with E-state index in [9.17, 15) is 24.9 Å². The number of esters is 1. The topological polar surface area (TPSA) is 123 Å². The van der Waals surface area contributed by atoms with Crippen LogP contribution in [0.15, 0.2) is 59.9 Å². The third-order valence-corrected chi connectivity index (χ3v) is 4.62. The number of benzene rings is 2. The van der Waals surface area contributed by atoms with Crippen LogP contribution in [0.25, 0.3) is 12.2 Å². The summed E-state index contributed by atoms with van der Waals surface area (Å²) in [6.07, 6.45) is 5.02. The van der Waals surface area contributed by atoms with E-state index in [1.54, 1.807) is 39.0 Å². The number of hydrogen-bond donors (Lipinski definition) is 3. The van der Waals surface area contributed by atoms with E-state index in [2.05, 4.69) is 0 Å². The molecule has 0 spiro atoms. The maximum atomic E-state index is 13.0. The van der Waals surface area contributed by atoms with Crippen LogP contribution in [0.3, 0.4) is 0 Å². The van der Waals surface area contributed by atoms with Gasteiger partial charge in [-0.2, -0.15) is 0 Å². The van der Waals surface area contributed by atoms with E-state index in [0.29, 0.717) is 11.1 Å². The highest BCUT2D eigenvalue weighted by Crippen LogP contribution is 2.28. The van der Waals surface area contributed by atoms with Crippen molar-refractivity contribution in [2.75, 3.05) is 14.2 Å². The predicted octanol–water partition coefficient (Wildman–Crippen LogP) is 4.95. The van der Waals surface area contributed by atoms with Crippen molar-refractivity contribution in [3.63, 3.8) is 0 Å². The van der Waals surface area contributed by atoms with Gasteiger partial charge >= 0.3 is 5.97 Å². The first-order valence-electron chi connectivity index (χ1n) is 10.7. The Hall–Kier alpha value is -4.20. The first kappa shape index (κ1) is 27.0. The van der Waals surface area contributed by atoms with Crippen LogP contribution in [0.2, 0.25) is 0 Å². The second kappa shape index (κ2) is 11.8. The summed E-state index contributed by atoms with van der Waals surface area (Å²) < 4.78 is 15.4. The van der Waals surface area contributed by atoms with Gasteiger partial charge < -0.3 is 29.5 Å². The Kier molecular flexibility index (Phi) is 9.11. The van der Waals surface area contributed by atoms with Gasteiger partial charge in [0.05, 0.1) is 26.2 Å². The minimum atomic E-state index is -0.766. The highest BCUT2D eigenvalue weighted by atomic mass is 16.6. The van der Waals surface area contributed by atoms with Crippen LogP contribution in [-0.2, 0) is 14.3 Å². The highest BCUT2D eigenvalue weighted by Gasteiger charge is 2.21. The van der Waals surface area contributed by atoms with Gasteiger partial charge in [-0.3, -0.25) is 9.59 Å². The minimum absolute atomic E-state index is 0.0406. The Morgan fingerprint density at radius 1 is 0.857 bits per heavy atom. The Bertz CT molecular complexity index is 1170. The zero-order chi connectivity index (χ0) is 26.2. The van der Waals surface area contributed by atoms with Crippen LogP contribution in [0.4, 0.5) is 0 Å². The number of methoxy groups -OCH3 is 2. The van der Waals surface area contributed by atoms with Gasteiger partial charge in [-0.25, -0.2) is 0 Å². The largest absolute Gasteiger partial charge is 0.508 e. The molecule has 0 aliphatic rings. The predicted molar refractivity (Wildman–Crippen MR) is 133 cm³/mol. The third-order valence-electron chi connectivity index (χ3n) is 4.62. The van der Waals surface area contributed by atoms with Crippen LogP contribution in [0.5, 0.6) is 23.0 Å². The van der Waals surface area contributed by atoms with E-state index in [-0.39, 0.29) is 28.6 Å². The fourth-order valence-electron chi connectivity index (χ4n) is 2.97. The summed E-state index contributed by atoms with van der Waals surface area (Å²) in [6.45, 7) is 5.10. The molecule has 0 unspecified atom stereocenters. The van der Waals surface area contributed by atoms with Crippen molar-refractivity contribution in [3.05, 3.63) is 71.0 Å². The number of ether oxygens (including phenoxy) is 3. The monoisotopic (exact) mass is 482 g/mol. The second-order valence-electron chi connectivity index (χ2n) is 8.52. The average Bonchev–Trinajstić information content (AvgIpc) is 2.79. The Morgan fingerprint density at radius 3 is 1.80 bits per heavy atom. The molecule has 0 aliphatic carbocycles. The highest BCUT2D eigenvalue weighted by molar-refractivity contribution is 6.09. The number of carbonyl (C=O) groups excluding carboxylic acids is 2. The molecule has 0 bridgehead atoms. The lowest BCUT2D eigenvalue weighted by atomic mass is 10.0. The molecule has 0 fully saturated rings. The van der Waals surface area contributed by atoms with Gasteiger partial charge in [0, 0.05) is 0 Å². The summed E-state index contributed by atoms with van der Waals surface area (Å²) >= 11 is 0. The number of ketones is 1. The molecule has 0 radical (unpaired) electrons. The van der Waals surface area contributed by atoms with Crippen LogP contribution < -0.4 is 9.47 Å². The lowest BCUT2D eigenvalue weighted by Crippen LogP contribution is -2.25. The van der Waals surface area contributed by atoms with Crippen molar-refractivity contribution < 1.29 is 39.1 Å². The Labute approximate surface area is 204 Å². The van der Waals surface area contributed by atoms with E-state index in [0.717, 1.165) is 0 Å². The van der Waals surface area contributed by atoms with E-state index >= 15 is 0 Å². The molecule has 0 saturated carbocycles. The molecule has 0 saturated heterocycles. The first-order valence-corrected chi connectivity index (χ1v) is 10.7. The van der Waals surface area contributed by atoms with Crippen molar-refractivity contribution in [3.8, 4) is 23.0 Å².